The van der Waals surface area contributed by atoms with E-state index in [1.165, 1.54) is 0 Å². The molecule has 0 aliphatic rings. The lowest BCUT2D eigenvalue weighted by atomic mass is 10.3. The maximum Gasteiger partial charge on any atom is 0.242 e. The molecule has 1 atom stereocenters. The van der Waals surface area contributed by atoms with Crippen molar-refractivity contribution in [3.8, 4) is 0 Å². The van der Waals surface area contributed by atoms with Crippen molar-refractivity contribution in [1.82, 2.24) is 14.6 Å². The van der Waals surface area contributed by atoms with Crippen LogP contribution in [0.15, 0.2) is 17.2 Å². The predicted octanol–water partition coefficient (Wildman–Crippen LogP) is 1.10. The van der Waals surface area contributed by atoms with Crippen LogP contribution in [0.1, 0.15) is 32.5 Å². The molecular weight excluding hydrogens is 278 g/mol. The first-order chi connectivity index (χ1) is 9.31. The van der Waals surface area contributed by atoms with E-state index in [-0.39, 0.29) is 18.7 Å². The Kier molecular flexibility index (Phi) is 6.19. The highest BCUT2D eigenvalue weighted by Crippen LogP contribution is 2.18. The molecule has 0 amide bonds. The molecule has 7 heteroatoms. The molecule has 0 spiro atoms. The minimum Gasteiger partial charge on any atom is -0.380 e. The van der Waals surface area contributed by atoms with E-state index >= 15 is 0 Å². The minimum absolute atomic E-state index is 0.159. The largest absolute Gasteiger partial charge is 0.380 e. The number of sulfonamides is 1. The van der Waals surface area contributed by atoms with Crippen LogP contribution in [-0.2, 0) is 21.3 Å². The summed E-state index contributed by atoms with van der Waals surface area (Å²) in [5.74, 6) is 0. The summed E-state index contributed by atoms with van der Waals surface area (Å²) in [7, 11) is -0.105. The van der Waals surface area contributed by atoms with Gasteiger partial charge in [0.15, 0.2) is 0 Å². The fourth-order valence-corrected chi connectivity index (χ4v) is 3.01. The SMILES string of the molecule is CNCc1cc(S(=O)(=O)NCC(C)OC)cn1C(C)C. The van der Waals surface area contributed by atoms with Crippen molar-refractivity contribution in [3.63, 3.8) is 0 Å². The Bertz CT molecular complexity index is 523. The van der Waals surface area contributed by atoms with Crippen molar-refractivity contribution in [2.45, 2.75) is 44.4 Å². The summed E-state index contributed by atoms with van der Waals surface area (Å²) in [5, 5.41) is 3.05. The summed E-state index contributed by atoms with van der Waals surface area (Å²) in [4.78, 5) is 0.291. The van der Waals surface area contributed by atoms with Crippen LogP contribution in [0.5, 0.6) is 0 Å². The van der Waals surface area contributed by atoms with Crippen LogP contribution in [-0.4, -0.2) is 39.8 Å². The molecule has 1 aromatic heterocycles. The van der Waals surface area contributed by atoms with Crippen LogP contribution in [0.2, 0.25) is 0 Å². The maximum atomic E-state index is 12.2. The van der Waals surface area contributed by atoms with Crippen LogP contribution >= 0.6 is 0 Å². The summed E-state index contributed by atoms with van der Waals surface area (Å²) >= 11 is 0. The van der Waals surface area contributed by atoms with E-state index in [9.17, 15) is 8.42 Å². The molecule has 0 aromatic carbocycles. The number of nitrogens with one attached hydrogen (secondary N) is 2. The Labute approximate surface area is 121 Å². The highest BCUT2D eigenvalue weighted by Gasteiger charge is 2.19. The molecule has 0 fully saturated rings. The number of rotatable bonds is 8. The van der Waals surface area contributed by atoms with Gasteiger partial charge in [0.1, 0.15) is 0 Å². The lowest BCUT2D eigenvalue weighted by molar-refractivity contribution is 0.122. The average molecular weight is 303 g/mol. The lowest BCUT2D eigenvalue weighted by Crippen LogP contribution is -2.31. The lowest BCUT2D eigenvalue weighted by Gasteiger charge is -2.12. The zero-order valence-electron chi connectivity index (χ0n) is 12.8. The third-order valence-corrected chi connectivity index (χ3v) is 4.49. The molecule has 6 nitrogen and oxygen atoms in total. The Morgan fingerprint density at radius 1 is 1.35 bits per heavy atom. The summed E-state index contributed by atoms with van der Waals surface area (Å²) in [6.45, 7) is 6.75. The number of hydrogen-bond acceptors (Lipinski definition) is 4. The molecule has 116 valence electrons. The zero-order valence-corrected chi connectivity index (χ0v) is 13.6. The van der Waals surface area contributed by atoms with Crippen LogP contribution in [0.25, 0.3) is 0 Å². The summed E-state index contributed by atoms with van der Waals surface area (Å²) in [6, 6.07) is 1.91. The predicted molar refractivity (Wildman–Crippen MR) is 79.2 cm³/mol. The van der Waals surface area contributed by atoms with Gasteiger partial charge in [0, 0.05) is 38.1 Å². The molecule has 1 aromatic rings. The molecule has 1 unspecified atom stereocenters. The quantitative estimate of drug-likeness (QED) is 0.754. The molecule has 0 radical (unpaired) electrons. The Hall–Kier alpha value is -0.890. The van der Waals surface area contributed by atoms with Crippen molar-refractivity contribution >= 4 is 10.0 Å². The van der Waals surface area contributed by atoms with E-state index in [4.69, 9.17) is 4.74 Å². The second-order valence-electron chi connectivity index (χ2n) is 5.10. The van der Waals surface area contributed by atoms with E-state index in [1.54, 1.807) is 19.4 Å². The maximum absolute atomic E-state index is 12.2. The first-order valence-corrected chi connectivity index (χ1v) is 8.18. The van der Waals surface area contributed by atoms with E-state index in [2.05, 4.69) is 10.0 Å². The smallest absolute Gasteiger partial charge is 0.242 e. The van der Waals surface area contributed by atoms with Crippen LogP contribution in [0.3, 0.4) is 0 Å². The Morgan fingerprint density at radius 2 is 2.00 bits per heavy atom. The van der Waals surface area contributed by atoms with Gasteiger partial charge in [-0.3, -0.25) is 0 Å². The highest BCUT2D eigenvalue weighted by atomic mass is 32.2. The van der Waals surface area contributed by atoms with E-state index < -0.39 is 10.0 Å². The van der Waals surface area contributed by atoms with Gasteiger partial charge in [-0.1, -0.05) is 0 Å². The number of aromatic nitrogens is 1. The van der Waals surface area contributed by atoms with Gasteiger partial charge in [-0.15, -0.1) is 0 Å². The topological polar surface area (TPSA) is 72.4 Å². The molecule has 0 saturated heterocycles. The molecule has 1 rings (SSSR count). The second-order valence-corrected chi connectivity index (χ2v) is 6.86. The van der Waals surface area contributed by atoms with Gasteiger partial charge in [0.2, 0.25) is 10.0 Å². The van der Waals surface area contributed by atoms with Gasteiger partial charge in [0.05, 0.1) is 11.0 Å². The fourth-order valence-electron chi connectivity index (χ4n) is 1.84. The molecular formula is C13H25N3O3S. The number of hydrogen-bond donors (Lipinski definition) is 2. The van der Waals surface area contributed by atoms with Gasteiger partial charge >= 0.3 is 0 Å². The molecule has 0 saturated carbocycles. The number of ether oxygens (including phenoxy) is 1. The molecule has 0 aliphatic carbocycles. The zero-order chi connectivity index (χ0) is 15.3. The van der Waals surface area contributed by atoms with E-state index in [0.717, 1.165) is 5.69 Å². The third kappa shape index (κ3) is 4.31. The van der Waals surface area contributed by atoms with Gasteiger partial charge in [-0.2, -0.15) is 0 Å². The molecule has 0 aliphatic heterocycles. The van der Waals surface area contributed by atoms with Crippen LogP contribution in [0.4, 0.5) is 0 Å². The minimum atomic E-state index is -3.50. The molecule has 2 N–H and O–H groups in total. The monoisotopic (exact) mass is 303 g/mol. The summed E-state index contributed by atoms with van der Waals surface area (Å²) in [6.07, 6.45) is 1.52. The summed E-state index contributed by atoms with van der Waals surface area (Å²) in [5.41, 5.74) is 0.947. The normalized spacial score (nSPS) is 13.9. The van der Waals surface area contributed by atoms with Crippen LogP contribution < -0.4 is 10.0 Å². The summed E-state index contributed by atoms with van der Waals surface area (Å²) < 4.78 is 34.1. The van der Waals surface area contributed by atoms with Gasteiger partial charge in [-0.05, 0) is 33.9 Å². The Morgan fingerprint density at radius 3 is 2.50 bits per heavy atom. The standard InChI is InChI=1S/C13H25N3O3S/c1-10(2)16-9-13(6-12(16)8-14-4)20(17,18)15-7-11(3)19-5/h6,9-11,14-15H,7-8H2,1-5H3. The van der Waals surface area contributed by atoms with Crippen molar-refractivity contribution in [2.75, 3.05) is 20.7 Å². The second kappa shape index (κ2) is 7.21. The van der Waals surface area contributed by atoms with Crippen molar-refractivity contribution in [1.29, 1.82) is 0 Å². The molecule has 0 bridgehead atoms. The van der Waals surface area contributed by atoms with E-state index in [0.29, 0.717) is 11.4 Å². The first kappa shape index (κ1) is 17.2. The highest BCUT2D eigenvalue weighted by molar-refractivity contribution is 7.89. The van der Waals surface area contributed by atoms with Crippen molar-refractivity contribution in [3.05, 3.63) is 18.0 Å². The van der Waals surface area contributed by atoms with Crippen molar-refractivity contribution < 1.29 is 13.2 Å². The Balaban J connectivity index is 2.97. The van der Waals surface area contributed by atoms with Gasteiger partial charge < -0.3 is 14.6 Å². The van der Waals surface area contributed by atoms with Crippen molar-refractivity contribution in [2.24, 2.45) is 0 Å². The van der Waals surface area contributed by atoms with Gasteiger partial charge in [0.25, 0.3) is 0 Å². The molecule has 1 heterocycles. The van der Waals surface area contributed by atoms with Crippen LogP contribution in [0, 0.1) is 0 Å². The first-order valence-electron chi connectivity index (χ1n) is 6.69. The average Bonchev–Trinajstić information content (AvgIpc) is 2.81. The van der Waals surface area contributed by atoms with E-state index in [1.807, 2.05) is 32.4 Å². The fraction of sp³-hybridized carbons (Fsp3) is 0.692. The number of methoxy groups -OCH3 is 1. The molecule has 20 heavy (non-hydrogen) atoms. The number of nitrogens with zero attached hydrogens (tertiary/aromatic N) is 1. The van der Waals surface area contributed by atoms with Gasteiger partial charge in [-0.25, -0.2) is 13.1 Å². The third-order valence-electron chi connectivity index (χ3n) is 3.09.